The minimum atomic E-state index is -2.12. The van der Waals surface area contributed by atoms with E-state index >= 15 is 0 Å². The van der Waals surface area contributed by atoms with Gasteiger partial charge in [-0.2, -0.15) is 0 Å². The Morgan fingerprint density at radius 1 is 0.513 bits per heavy atom. The number of carboxylic acids is 2. The molecule has 0 radical (unpaired) electrons. The number of aromatic hydroxyl groups is 1. The Morgan fingerprint density at radius 3 is 1.51 bits per heavy atom. The van der Waals surface area contributed by atoms with E-state index in [1.807, 2.05) is 0 Å². The Balaban J connectivity index is 1.79. The van der Waals surface area contributed by atoms with Crippen LogP contribution in [0.4, 0.5) is 0 Å². The molecule has 39 heteroatoms. The zero-order valence-electron chi connectivity index (χ0n) is 67.3. The number of hydrogen-bond donors (Lipinski definition) is 21. The van der Waals surface area contributed by atoms with Crippen molar-refractivity contribution in [2.24, 2.45) is 23.1 Å². The Bertz CT molecular complexity index is 3350. The second kappa shape index (κ2) is 51.7. The number of primary amides is 1. The third kappa shape index (κ3) is 35.0. The van der Waals surface area contributed by atoms with Gasteiger partial charge in [0.25, 0.3) is 0 Å². The lowest BCUT2D eigenvalue weighted by Crippen LogP contribution is -2.63. The number of nitrogens with two attached hydrogens (primary N) is 3. The number of phenols is 1. The van der Waals surface area contributed by atoms with Crippen molar-refractivity contribution in [3.8, 4) is 5.75 Å². The van der Waals surface area contributed by atoms with Crippen LogP contribution in [0.15, 0.2) is 24.3 Å². The van der Waals surface area contributed by atoms with Crippen LogP contribution in [-0.2, 0) is 83.1 Å². The Labute approximate surface area is 670 Å². The standard InChI is InChI=1S/C76H127N15O24/c1-9-10-11-12-13-14-15-16-17-18-19-24-49(38-58(100)101)115-76(114)51(26-21-34-80-50(75(112)113)25-20-33-77)83-71(108)61(44(6)93)85-57(99)40-81-70(107)64(55(97)39-56(78)98)89-68(105)54-28-23-36-91(54)74(111)63(46(8)95)88-72(109)62(45(7)94)87-67(104)53-27-22-35-90(53)73(110)60(41(2)3)86-66(103)52(37-47-29-31-48(96)32-30-47)84-65(102)42(4)82-69(106)59(79)43(5)92/h29-32,41-46,49-55,59-64,80,92-97H,9-28,33-40,77,79H2,1-8H3,(H2,78,98)(H,81,107)(H,82,106)(H,83,108)(H,84,102)(H,85,99)(H,86,103)(H,87,104)(H,88,109)(H,89,105)(H,100,101)(H,112,113)/t42-,43-,44-,45-,46-,49-,50?,51+,52+,53+,54+,55-,59+,60+,61+,62+,63+,64+/m1/s1. The molecule has 0 saturated carbocycles. The summed E-state index contributed by atoms with van der Waals surface area (Å²) in [4.78, 5) is 206. The highest BCUT2D eigenvalue weighted by molar-refractivity contribution is 6.00. The number of benzene rings is 1. The van der Waals surface area contributed by atoms with Crippen LogP contribution < -0.4 is 70.4 Å². The predicted octanol–water partition coefficient (Wildman–Crippen LogP) is -3.68. The van der Waals surface area contributed by atoms with Crippen molar-refractivity contribution in [2.75, 3.05) is 32.7 Å². The maximum Gasteiger partial charge on any atom is 0.328 e. The number of esters is 1. The van der Waals surface area contributed by atoms with Crippen LogP contribution in [0.5, 0.6) is 5.75 Å². The number of unbranched alkanes of at least 4 members (excludes halogenated alkanes) is 10. The fraction of sp³-hybridized carbons (Fsp3) is 0.724. The van der Waals surface area contributed by atoms with Gasteiger partial charge in [-0.25, -0.2) is 4.79 Å². The molecule has 1 unspecified atom stereocenters. The number of phenolic OH excluding ortho intramolecular Hbond substituents is 1. The van der Waals surface area contributed by atoms with Gasteiger partial charge in [0, 0.05) is 19.5 Å². The lowest BCUT2D eigenvalue weighted by Gasteiger charge is -2.33. The Morgan fingerprint density at radius 2 is 1.01 bits per heavy atom. The van der Waals surface area contributed by atoms with Crippen LogP contribution in [-0.4, -0.2) is 281 Å². The summed E-state index contributed by atoms with van der Waals surface area (Å²) in [6, 6.07) is -13.0. The van der Waals surface area contributed by atoms with Crippen LogP contribution in [0.1, 0.15) is 202 Å². The quantitative estimate of drug-likeness (QED) is 0.0221. The second-order valence-corrected chi connectivity index (χ2v) is 30.2. The van der Waals surface area contributed by atoms with E-state index in [-0.39, 0.29) is 89.7 Å². The Hall–Kier alpha value is -9.25. The van der Waals surface area contributed by atoms with E-state index < -0.39 is 223 Å². The zero-order chi connectivity index (χ0) is 86.3. The molecule has 650 valence electrons. The van der Waals surface area contributed by atoms with E-state index in [9.17, 15) is 113 Å². The molecule has 0 aromatic heterocycles. The first-order valence-corrected chi connectivity index (χ1v) is 39.9. The van der Waals surface area contributed by atoms with Gasteiger partial charge in [-0.15, -0.1) is 0 Å². The highest BCUT2D eigenvalue weighted by atomic mass is 16.5. The van der Waals surface area contributed by atoms with Crippen LogP contribution in [0.3, 0.4) is 0 Å². The number of nitrogens with one attached hydrogen (secondary N) is 10. The van der Waals surface area contributed by atoms with E-state index in [4.69, 9.17) is 21.9 Å². The van der Waals surface area contributed by atoms with Gasteiger partial charge >= 0.3 is 17.9 Å². The number of aliphatic hydroxyl groups is 5. The summed E-state index contributed by atoms with van der Waals surface area (Å²) >= 11 is 0. The SMILES string of the molecule is CCCCCCCCCCCCC[C@H](CC(=O)O)OC(=O)[C@H](CCCNC(CCCN)C(=O)O)NC(=O)[C@@H](NC(=O)CNC(=O)[C@@H](NC(=O)[C@@H]1CCCN1C(=O)[C@@H](NC(=O)[C@@H](NC(=O)[C@@H]1CCCN1C(=O)[C@@H](NC(=O)[C@H](Cc1ccc(O)cc1)NC(=O)[C@@H](C)NC(=O)[C@@H](N)[C@@H](C)O)C(C)C)[C@@H](C)O)[C@@H](C)O)[C@H](O)CC(N)=O)[C@@H](C)O. The first kappa shape index (κ1) is 99.9. The molecular formula is C76H127N15O24. The number of carboxylic acid groups (broad SMARTS) is 2. The molecule has 39 nitrogen and oxygen atoms in total. The van der Waals surface area contributed by atoms with Crippen molar-refractivity contribution >= 4 is 88.8 Å². The summed E-state index contributed by atoms with van der Waals surface area (Å²) in [6.45, 7) is 10.2. The smallest absolute Gasteiger partial charge is 0.328 e. The molecule has 2 aliphatic heterocycles. The predicted molar refractivity (Wildman–Crippen MR) is 415 cm³/mol. The molecule has 1 aromatic carbocycles. The lowest BCUT2D eigenvalue weighted by molar-refractivity contribution is -0.157. The number of amides is 12. The molecule has 115 heavy (non-hydrogen) atoms. The molecule has 2 fully saturated rings. The van der Waals surface area contributed by atoms with Gasteiger partial charge in [0.2, 0.25) is 70.9 Å². The van der Waals surface area contributed by atoms with E-state index in [1.165, 1.54) is 57.4 Å². The minimum Gasteiger partial charge on any atom is -0.508 e. The third-order valence-electron chi connectivity index (χ3n) is 20.0. The zero-order valence-corrected chi connectivity index (χ0v) is 67.3. The van der Waals surface area contributed by atoms with Crippen molar-refractivity contribution < 1.29 is 118 Å². The number of carbonyl (C=O) groups excluding carboxylic acids is 13. The molecule has 0 aliphatic carbocycles. The summed E-state index contributed by atoms with van der Waals surface area (Å²) in [5.74, 6) is -16.9. The molecule has 2 heterocycles. The molecule has 1 aromatic rings. The molecule has 3 rings (SSSR count). The summed E-state index contributed by atoms with van der Waals surface area (Å²) in [7, 11) is 0. The first-order chi connectivity index (χ1) is 54.2. The van der Waals surface area contributed by atoms with Gasteiger partial charge in [0.1, 0.15) is 84.4 Å². The van der Waals surface area contributed by atoms with Gasteiger partial charge in [-0.3, -0.25) is 67.1 Å². The number of aliphatic hydroxyl groups excluding tert-OH is 5. The van der Waals surface area contributed by atoms with Crippen molar-refractivity contribution in [2.45, 2.75) is 312 Å². The molecular weight excluding hydrogens is 1510 g/mol. The van der Waals surface area contributed by atoms with Gasteiger partial charge in [0.05, 0.1) is 49.9 Å². The van der Waals surface area contributed by atoms with Crippen molar-refractivity contribution in [1.29, 1.82) is 0 Å². The van der Waals surface area contributed by atoms with Crippen LogP contribution in [0, 0.1) is 5.92 Å². The van der Waals surface area contributed by atoms with E-state index in [2.05, 4.69) is 60.1 Å². The van der Waals surface area contributed by atoms with Crippen LogP contribution in [0.25, 0.3) is 0 Å². The second-order valence-electron chi connectivity index (χ2n) is 30.2. The lowest BCUT2D eigenvalue weighted by atomic mass is 9.99. The van der Waals surface area contributed by atoms with E-state index in [0.717, 1.165) is 75.5 Å². The van der Waals surface area contributed by atoms with Gasteiger partial charge in [-0.1, -0.05) is 97.1 Å². The molecule has 2 saturated heterocycles. The highest BCUT2D eigenvalue weighted by Gasteiger charge is 2.45. The fourth-order valence-electron chi connectivity index (χ4n) is 13.2. The van der Waals surface area contributed by atoms with E-state index in [0.29, 0.717) is 18.4 Å². The summed E-state index contributed by atoms with van der Waals surface area (Å²) in [6.07, 6.45) is 0.500. The maximum atomic E-state index is 14.6. The molecule has 0 bridgehead atoms. The molecule has 24 N–H and O–H groups in total. The topological polar surface area (TPSA) is 632 Å². The largest absolute Gasteiger partial charge is 0.508 e. The number of rotatable bonds is 55. The summed E-state index contributed by atoms with van der Waals surface area (Å²) in [5, 5.41) is 108. The maximum absolute atomic E-state index is 14.6. The number of aliphatic carboxylic acids is 2. The van der Waals surface area contributed by atoms with Gasteiger partial charge < -0.3 is 126 Å². The molecule has 2 aliphatic rings. The first-order valence-electron chi connectivity index (χ1n) is 39.9. The number of ether oxygens (including phenoxy) is 1. The number of hydrogen-bond acceptors (Lipinski definition) is 25. The summed E-state index contributed by atoms with van der Waals surface area (Å²) < 4.78 is 5.71. The monoisotopic (exact) mass is 1630 g/mol. The Kier molecular flexibility index (Phi) is 44.9. The summed E-state index contributed by atoms with van der Waals surface area (Å²) in [5.41, 5.74) is 17.1. The average Bonchev–Trinajstić information content (AvgIpc) is 1.73. The van der Waals surface area contributed by atoms with Gasteiger partial charge in [0.15, 0.2) is 0 Å². The fourth-order valence-corrected chi connectivity index (χ4v) is 13.2. The van der Waals surface area contributed by atoms with Gasteiger partial charge in [-0.05, 0) is 136 Å². The van der Waals surface area contributed by atoms with Crippen LogP contribution >= 0.6 is 0 Å². The van der Waals surface area contributed by atoms with Crippen molar-refractivity contribution in [3.63, 3.8) is 0 Å². The number of carbonyl (C=O) groups is 15. The highest BCUT2D eigenvalue weighted by Crippen LogP contribution is 2.25. The van der Waals surface area contributed by atoms with Crippen LogP contribution in [0.2, 0.25) is 0 Å². The molecule has 0 spiro atoms. The van der Waals surface area contributed by atoms with Crippen molar-refractivity contribution in [1.82, 2.24) is 63.0 Å². The number of nitrogens with zero attached hydrogens (tertiary/aromatic N) is 2. The molecule has 18 atom stereocenters. The van der Waals surface area contributed by atoms with E-state index in [1.54, 1.807) is 13.8 Å². The number of likely N-dealkylation sites (tertiary alicyclic amines) is 2. The van der Waals surface area contributed by atoms with Crippen molar-refractivity contribution in [3.05, 3.63) is 29.8 Å². The normalized spacial score (nSPS) is 18.3. The minimum absolute atomic E-state index is 0.00450. The third-order valence-corrected chi connectivity index (χ3v) is 20.0. The average molecular weight is 1630 g/mol. The molecule has 12 amide bonds.